The Balaban J connectivity index is 1.11. The van der Waals surface area contributed by atoms with Gasteiger partial charge in [-0.1, -0.05) is 41.4 Å². The van der Waals surface area contributed by atoms with E-state index in [1.807, 2.05) is 28.8 Å². The van der Waals surface area contributed by atoms with Crippen molar-refractivity contribution in [3.05, 3.63) is 80.2 Å². The molecular formula is C31H30Cl2FN3O5S. The van der Waals surface area contributed by atoms with Crippen LogP contribution in [0.2, 0.25) is 10.0 Å². The molecule has 0 spiro atoms. The van der Waals surface area contributed by atoms with Crippen LogP contribution in [0.15, 0.2) is 42.5 Å². The van der Waals surface area contributed by atoms with Crippen LogP contribution >= 0.6 is 34.5 Å². The molecule has 4 aromatic rings. The molecule has 2 aromatic carbocycles. The summed E-state index contributed by atoms with van der Waals surface area (Å²) >= 11 is 13.7. The van der Waals surface area contributed by atoms with Crippen molar-refractivity contribution < 1.29 is 28.5 Å². The summed E-state index contributed by atoms with van der Waals surface area (Å²) in [5, 5.41) is 10.1. The second kappa shape index (κ2) is 11.3. The van der Waals surface area contributed by atoms with E-state index in [1.165, 1.54) is 6.07 Å². The summed E-state index contributed by atoms with van der Waals surface area (Å²) in [6.07, 6.45) is 2.47. The number of halogens is 3. The summed E-state index contributed by atoms with van der Waals surface area (Å²) in [5.74, 6) is -1.09. The molecule has 0 radical (unpaired) electrons. The lowest BCUT2D eigenvalue weighted by atomic mass is 9.85. The van der Waals surface area contributed by atoms with Gasteiger partial charge in [0, 0.05) is 24.1 Å². The smallest absolute Gasteiger partial charge is 0.347 e. The quantitative estimate of drug-likeness (QED) is 0.226. The molecule has 2 fully saturated rings. The van der Waals surface area contributed by atoms with Gasteiger partial charge in [-0.15, -0.1) is 11.3 Å². The lowest BCUT2D eigenvalue weighted by Crippen LogP contribution is -2.43. The van der Waals surface area contributed by atoms with Crippen molar-refractivity contribution in [1.29, 1.82) is 0 Å². The normalized spacial score (nSPS) is 24.5. The molecule has 3 aliphatic heterocycles. The number of carboxylic acid groups (broad SMARTS) is 1. The number of aromatic nitrogens is 2. The molecule has 3 atom stereocenters. The first-order chi connectivity index (χ1) is 20.7. The SMILES string of the molecule is C[C@@]1(c2ccc(Cl)cc2F)Oc2ccccc2C(C2CCN(Cc3nc4sc(C(=O)O)c(Cl)c4n3C[C@@H]3CCO3)CC2)O1. The molecule has 0 aliphatic carbocycles. The minimum absolute atomic E-state index is 0.0663. The number of hydrogen-bond acceptors (Lipinski definition) is 7. The van der Waals surface area contributed by atoms with Crippen LogP contribution in [0.4, 0.5) is 4.39 Å². The Morgan fingerprint density at radius 2 is 1.95 bits per heavy atom. The van der Waals surface area contributed by atoms with E-state index in [1.54, 1.807) is 19.1 Å². The average Bonchev–Trinajstić information content (AvgIpc) is 3.46. The molecule has 2 aromatic heterocycles. The molecular weight excluding hydrogens is 616 g/mol. The summed E-state index contributed by atoms with van der Waals surface area (Å²) < 4.78 is 35.7. The van der Waals surface area contributed by atoms with Gasteiger partial charge in [0.25, 0.3) is 0 Å². The fourth-order valence-corrected chi connectivity index (χ4v) is 7.91. The van der Waals surface area contributed by atoms with Crippen LogP contribution in [0, 0.1) is 11.7 Å². The van der Waals surface area contributed by atoms with Gasteiger partial charge in [-0.05, 0) is 62.5 Å². The summed E-state index contributed by atoms with van der Waals surface area (Å²) in [5.41, 5.74) is 1.94. The Morgan fingerprint density at radius 1 is 1.19 bits per heavy atom. The molecule has 3 aliphatic rings. The number of likely N-dealkylation sites (tertiary alicyclic amines) is 1. The molecule has 1 N–H and O–H groups in total. The number of aromatic carboxylic acids is 1. The van der Waals surface area contributed by atoms with Crippen molar-refractivity contribution in [3.63, 3.8) is 0 Å². The van der Waals surface area contributed by atoms with Crippen LogP contribution in [0.25, 0.3) is 10.3 Å². The maximum Gasteiger partial charge on any atom is 0.347 e. The molecule has 226 valence electrons. The van der Waals surface area contributed by atoms with Crippen LogP contribution < -0.4 is 4.74 Å². The van der Waals surface area contributed by atoms with Crippen molar-refractivity contribution in [2.24, 2.45) is 5.92 Å². The van der Waals surface area contributed by atoms with Crippen LogP contribution in [0.3, 0.4) is 0 Å². The van der Waals surface area contributed by atoms with Gasteiger partial charge in [0.2, 0.25) is 5.79 Å². The number of hydrogen-bond donors (Lipinski definition) is 1. The zero-order valence-corrected chi connectivity index (χ0v) is 25.7. The largest absolute Gasteiger partial charge is 0.477 e. The minimum atomic E-state index is -1.31. The minimum Gasteiger partial charge on any atom is -0.477 e. The average molecular weight is 647 g/mol. The number of imidazole rings is 1. The summed E-state index contributed by atoms with van der Waals surface area (Å²) in [7, 11) is 0. The molecule has 5 heterocycles. The van der Waals surface area contributed by atoms with E-state index >= 15 is 4.39 Å². The van der Waals surface area contributed by atoms with E-state index in [4.69, 9.17) is 42.4 Å². The third-order valence-corrected chi connectivity index (χ3v) is 10.5. The topological polar surface area (TPSA) is 86.1 Å². The predicted molar refractivity (Wildman–Crippen MR) is 162 cm³/mol. The number of piperidine rings is 1. The van der Waals surface area contributed by atoms with Gasteiger partial charge in [0.1, 0.15) is 27.1 Å². The molecule has 0 saturated carbocycles. The number of thiophene rings is 1. The number of carbonyl (C=O) groups is 1. The van der Waals surface area contributed by atoms with Gasteiger partial charge in [-0.3, -0.25) is 4.90 Å². The van der Waals surface area contributed by atoms with E-state index in [0.29, 0.717) is 39.8 Å². The van der Waals surface area contributed by atoms with Crippen LogP contribution in [0.5, 0.6) is 5.75 Å². The van der Waals surface area contributed by atoms with Gasteiger partial charge in [0.05, 0.1) is 41.4 Å². The van der Waals surface area contributed by atoms with Crippen LogP contribution in [-0.4, -0.2) is 51.3 Å². The van der Waals surface area contributed by atoms with Crippen molar-refractivity contribution in [2.45, 2.75) is 57.3 Å². The Morgan fingerprint density at radius 3 is 2.65 bits per heavy atom. The molecule has 8 nitrogen and oxygen atoms in total. The second-order valence-electron chi connectivity index (χ2n) is 11.5. The molecule has 0 amide bonds. The van der Waals surface area contributed by atoms with Gasteiger partial charge in [0.15, 0.2) is 0 Å². The number of para-hydroxylation sites is 1. The van der Waals surface area contributed by atoms with Gasteiger partial charge < -0.3 is 23.9 Å². The van der Waals surface area contributed by atoms with Gasteiger partial charge in [-0.2, -0.15) is 0 Å². The lowest BCUT2D eigenvalue weighted by molar-refractivity contribution is -0.243. The number of fused-ring (bicyclic) bond motifs is 2. The van der Waals surface area contributed by atoms with Crippen LogP contribution in [-0.2, 0) is 28.4 Å². The van der Waals surface area contributed by atoms with Crippen molar-refractivity contribution in [3.8, 4) is 5.75 Å². The maximum absolute atomic E-state index is 15.1. The standard InChI is InChI=1S/C31H30Cl2FN3O5S/c1-31(21-7-6-18(32)14-22(21)34)41-23-5-3-2-4-20(23)27(42-31)17-8-11-36(12-9-17)16-24-35-29-26(25(33)28(43-29)30(38)39)37(24)15-19-10-13-40-19/h2-7,14,17,19,27H,8-13,15-16H2,1H3,(H,38,39)/t19-,27?,31+/m0/s1. The van der Waals surface area contributed by atoms with E-state index in [-0.39, 0.29) is 28.0 Å². The van der Waals surface area contributed by atoms with E-state index in [0.717, 1.165) is 61.7 Å². The highest BCUT2D eigenvalue weighted by atomic mass is 35.5. The second-order valence-corrected chi connectivity index (χ2v) is 13.3. The van der Waals surface area contributed by atoms with Gasteiger partial charge in [-0.25, -0.2) is 14.2 Å². The Kier molecular flexibility index (Phi) is 7.64. The zero-order chi connectivity index (χ0) is 29.9. The first-order valence-electron chi connectivity index (χ1n) is 14.4. The maximum atomic E-state index is 15.1. The van der Waals surface area contributed by atoms with E-state index < -0.39 is 17.6 Å². The predicted octanol–water partition coefficient (Wildman–Crippen LogP) is 7.27. The monoisotopic (exact) mass is 645 g/mol. The molecule has 1 unspecified atom stereocenters. The Hall–Kier alpha value is -2.73. The third kappa shape index (κ3) is 5.32. The van der Waals surface area contributed by atoms with Crippen molar-refractivity contribution >= 4 is 50.9 Å². The lowest BCUT2D eigenvalue weighted by Gasteiger charge is -2.44. The summed E-state index contributed by atoms with van der Waals surface area (Å²) in [6, 6.07) is 12.4. The molecule has 12 heteroatoms. The fraction of sp³-hybridized carbons (Fsp3) is 0.419. The molecule has 7 rings (SSSR count). The number of ether oxygens (including phenoxy) is 3. The van der Waals surface area contributed by atoms with Gasteiger partial charge >= 0.3 is 5.97 Å². The first-order valence-corrected chi connectivity index (χ1v) is 15.9. The van der Waals surface area contributed by atoms with Crippen LogP contribution in [0.1, 0.15) is 58.9 Å². The Labute approximate surface area is 261 Å². The number of nitrogens with zero attached hydrogens (tertiary/aromatic N) is 3. The summed E-state index contributed by atoms with van der Waals surface area (Å²) in [6.45, 7) is 5.31. The Bertz CT molecular complexity index is 1700. The third-order valence-electron chi connectivity index (χ3n) is 8.72. The highest BCUT2D eigenvalue weighted by molar-refractivity contribution is 7.21. The molecule has 2 saturated heterocycles. The zero-order valence-electron chi connectivity index (χ0n) is 23.4. The van der Waals surface area contributed by atoms with Crippen molar-refractivity contribution in [2.75, 3.05) is 19.7 Å². The number of carboxylic acids is 1. The molecule has 43 heavy (non-hydrogen) atoms. The fourth-order valence-electron chi connectivity index (χ4n) is 6.38. The molecule has 0 bridgehead atoms. The summed E-state index contributed by atoms with van der Waals surface area (Å²) in [4.78, 5) is 19.6. The highest BCUT2D eigenvalue weighted by Gasteiger charge is 2.44. The van der Waals surface area contributed by atoms with E-state index in [2.05, 4.69) is 4.90 Å². The first kappa shape index (κ1) is 29.0. The number of rotatable bonds is 7. The van der Waals surface area contributed by atoms with E-state index in [9.17, 15) is 9.90 Å². The van der Waals surface area contributed by atoms with Crippen molar-refractivity contribution in [1.82, 2.24) is 14.5 Å². The number of benzene rings is 2. The highest BCUT2D eigenvalue weighted by Crippen LogP contribution is 2.49.